The van der Waals surface area contributed by atoms with E-state index in [-0.39, 0.29) is 5.97 Å². The van der Waals surface area contributed by atoms with Crippen LogP contribution in [0, 0.1) is 11.3 Å². The van der Waals surface area contributed by atoms with Gasteiger partial charge in [0.25, 0.3) is 0 Å². The number of carbonyl (C=O) groups excluding carboxylic acids is 1. The predicted octanol–water partition coefficient (Wildman–Crippen LogP) is 2.27. The third-order valence-corrected chi connectivity index (χ3v) is 2.47. The van der Waals surface area contributed by atoms with Crippen molar-refractivity contribution >= 4 is 16.9 Å². The van der Waals surface area contributed by atoms with Crippen molar-refractivity contribution in [2.75, 3.05) is 0 Å². The van der Waals surface area contributed by atoms with E-state index in [1.807, 2.05) is 13.0 Å². The molecule has 4 nitrogen and oxygen atoms in total. The Bertz CT molecular complexity index is 593. The van der Waals surface area contributed by atoms with Crippen molar-refractivity contribution in [1.82, 2.24) is 4.73 Å². The molecule has 4 heteroatoms. The van der Waals surface area contributed by atoms with Crippen molar-refractivity contribution in [2.45, 2.75) is 19.8 Å². The zero-order chi connectivity index (χ0) is 12.3. The lowest BCUT2D eigenvalue weighted by Crippen LogP contribution is -2.18. The second kappa shape index (κ2) is 4.71. The maximum Gasteiger partial charge on any atom is 0.332 e. The van der Waals surface area contributed by atoms with E-state index in [9.17, 15) is 4.79 Å². The van der Waals surface area contributed by atoms with Gasteiger partial charge in [-0.2, -0.15) is 9.99 Å². The lowest BCUT2D eigenvalue weighted by atomic mass is 10.1. The Balaban J connectivity index is 2.37. The van der Waals surface area contributed by atoms with Crippen molar-refractivity contribution in [2.24, 2.45) is 0 Å². The standard InChI is InChI=1S/C13H12N2O2/c1-2-4-13(16)17-15-8-7-11-10(9-14)5-3-6-12(11)15/h3,5-8H,2,4H2,1H3. The van der Waals surface area contributed by atoms with Crippen LogP contribution < -0.4 is 4.84 Å². The molecule has 0 radical (unpaired) electrons. The summed E-state index contributed by atoms with van der Waals surface area (Å²) in [6.07, 6.45) is 2.79. The molecule has 0 aliphatic heterocycles. The van der Waals surface area contributed by atoms with Crippen LogP contribution in [-0.2, 0) is 4.79 Å². The molecule has 0 saturated heterocycles. The van der Waals surface area contributed by atoms with Crippen LogP contribution in [0.4, 0.5) is 0 Å². The molecule has 17 heavy (non-hydrogen) atoms. The van der Waals surface area contributed by atoms with E-state index in [0.29, 0.717) is 12.0 Å². The summed E-state index contributed by atoms with van der Waals surface area (Å²) in [5.74, 6) is -0.271. The highest BCUT2D eigenvalue weighted by atomic mass is 16.7. The highest BCUT2D eigenvalue weighted by molar-refractivity contribution is 5.86. The van der Waals surface area contributed by atoms with Crippen LogP contribution in [0.15, 0.2) is 30.5 Å². The van der Waals surface area contributed by atoms with Gasteiger partial charge in [0.15, 0.2) is 0 Å². The van der Waals surface area contributed by atoms with Gasteiger partial charge in [0, 0.05) is 18.0 Å². The maximum absolute atomic E-state index is 11.4. The number of hydrogen-bond donors (Lipinski definition) is 0. The Labute approximate surface area is 99.0 Å². The summed E-state index contributed by atoms with van der Waals surface area (Å²) in [4.78, 5) is 16.6. The molecule has 0 saturated carbocycles. The summed E-state index contributed by atoms with van der Waals surface area (Å²) in [5.41, 5.74) is 1.31. The lowest BCUT2D eigenvalue weighted by molar-refractivity contribution is -0.143. The molecule has 86 valence electrons. The van der Waals surface area contributed by atoms with Gasteiger partial charge >= 0.3 is 5.97 Å². The topological polar surface area (TPSA) is 55.0 Å². The summed E-state index contributed by atoms with van der Waals surface area (Å²) in [5, 5.41) is 9.73. The van der Waals surface area contributed by atoms with Crippen LogP contribution in [-0.4, -0.2) is 10.7 Å². The van der Waals surface area contributed by atoms with Crippen molar-refractivity contribution < 1.29 is 9.63 Å². The van der Waals surface area contributed by atoms with Crippen molar-refractivity contribution in [3.63, 3.8) is 0 Å². The predicted molar refractivity (Wildman–Crippen MR) is 63.1 cm³/mol. The fourth-order valence-corrected chi connectivity index (χ4v) is 1.68. The Morgan fingerprint density at radius 2 is 2.29 bits per heavy atom. The van der Waals surface area contributed by atoms with Gasteiger partial charge in [-0.15, -0.1) is 0 Å². The molecule has 2 rings (SSSR count). The van der Waals surface area contributed by atoms with Gasteiger partial charge in [0.1, 0.15) is 0 Å². The van der Waals surface area contributed by atoms with Crippen molar-refractivity contribution in [3.05, 3.63) is 36.0 Å². The van der Waals surface area contributed by atoms with E-state index in [0.717, 1.165) is 17.3 Å². The van der Waals surface area contributed by atoms with Gasteiger partial charge in [0.2, 0.25) is 0 Å². The van der Waals surface area contributed by atoms with E-state index < -0.39 is 0 Å². The summed E-state index contributed by atoms with van der Waals surface area (Å²) in [6.45, 7) is 1.92. The van der Waals surface area contributed by atoms with Crippen LogP contribution in [0.25, 0.3) is 10.9 Å². The molecule has 2 aromatic rings. The Hall–Kier alpha value is -2.28. The lowest BCUT2D eigenvalue weighted by Gasteiger charge is -2.05. The molecular formula is C13H12N2O2. The van der Waals surface area contributed by atoms with Crippen LogP contribution in [0.2, 0.25) is 0 Å². The fourth-order valence-electron chi connectivity index (χ4n) is 1.68. The first kappa shape index (κ1) is 11.2. The van der Waals surface area contributed by atoms with Crippen LogP contribution >= 0.6 is 0 Å². The van der Waals surface area contributed by atoms with Crippen molar-refractivity contribution in [3.8, 4) is 6.07 Å². The minimum absolute atomic E-state index is 0.271. The number of rotatable bonds is 3. The second-order valence-corrected chi connectivity index (χ2v) is 3.71. The fraction of sp³-hybridized carbons (Fsp3) is 0.231. The number of fused-ring (bicyclic) bond motifs is 1. The van der Waals surface area contributed by atoms with Crippen LogP contribution in [0.3, 0.4) is 0 Å². The molecule has 1 heterocycles. The quantitative estimate of drug-likeness (QED) is 0.809. The molecule has 1 aromatic heterocycles. The normalized spacial score (nSPS) is 10.1. The van der Waals surface area contributed by atoms with E-state index in [1.165, 1.54) is 4.73 Å². The van der Waals surface area contributed by atoms with E-state index in [4.69, 9.17) is 10.1 Å². The van der Waals surface area contributed by atoms with Gasteiger partial charge in [-0.05, 0) is 24.6 Å². The van der Waals surface area contributed by atoms with E-state index >= 15 is 0 Å². The first-order valence-electron chi connectivity index (χ1n) is 5.47. The molecule has 0 fully saturated rings. The Morgan fingerprint density at radius 1 is 1.47 bits per heavy atom. The third-order valence-electron chi connectivity index (χ3n) is 2.47. The molecule has 0 unspecified atom stereocenters. The number of nitrogens with zero attached hydrogens (tertiary/aromatic N) is 2. The SMILES string of the molecule is CCCC(=O)On1ccc2c(C#N)cccc21. The first-order valence-corrected chi connectivity index (χ1v) is 5.47. The highest BCUT2D eigenvalue weighted by Gasteiger charge is 2.08. The molecule has 1 aromatic carbocycles. The zero-order valence-corrected chi connectivity index (χ0v) is 9.51. The third kappa shape index (κ3) is 2.13. The maximum atomic E-state index is 11.4. The molecule has 0 aliphatic rings. The molecule has 0 spiro atoms. The first-order chi connectivity index (χ1) is 8.26. The highest BCUT2D eigenvalue weighted by Crippen LogP contribution is 2.18. The number of benzene rings is 1. The molecule has 0 bridgehead atoms. The van der Waals surface area contributed by atoms with Gasteiger partial charge in [-0.3, -0.25) is 0 Å². The summed E-state index contributed by atoms with van der Waals surface area (Å²) in [6, 6.07) is 9.20. The molecule has 0 atom stereocenters. The van der Waals surface area contributed by atoms with E-state index in [1.54, 1.807) is 24.4 Å². The molecule has 0 aliphatic carbocycles. The monoisotopic (exact) mass is 228 g/mol. The number of aromatic nitrogens is 1. The average molecular weight is 228 g/mol. The number of carbonyl (C=O) groups is 1. The summed E-state index contributed by atoms with van der Waals surface area (Å²) in [7, 11) is 0. The van der Waals surface area contributed by atoms with Gasteiger partial charge in [-0.25, -0.2) is 4.79 Å². The molecular weight excluding hydrogens is 216 g/mol. The van der Waals surface area contributed by atoms with Gasteiger partial charge < -0.3 is 4.84 Å². The summed E-state index contributed by atoms with van der Waals surface area (Å²) >= 11 is 0. The molecule has 0 amide bonds. The molecule has 0 N–H and O–H groups in total. The van der Waals surface area contributed by atoms with Crippen LogP contribution in [0.1, 0.15) is 25.3 Å². The second-order valence-electron chi connectivity index (χ2n) is 3.71. The average Bonchev–Trinajstić information content (AvgIpc) is 2.73. The Morgan fingerprint density at radius 3 is 3.00 bits per heavy atom. The minimum Gasteiger partial charge on any atom is -0.337 e. The minimum atomic E-state index is -0.271. The van der Waals surface area contributed by atoms with Gasteiger partial charge in [0.05, 0.1) is 17.1 Å². The zero-order valence-electron chi connectivity index (χ0n) is 9.51. The summed E-state index contributed by atoms with van der Waals surface area (Å²) < 4.78 is 1.41. The van der Waals surface area contributed by atoms with Crippen LogP contribution in [0.5, 0.6) is 0 Å². The number of hydrogen-bond acceptors (Lipinski definition) is 3. The Kier molecular flexibility index (Phi) is 3.10. The van der Waals surface area contributed by atoms with Crippen molar-refractivity contribution in [1.29, 1.82) is 5.26 Å². The largest absolute Gasteiger partial charge is 0.337 e. The van der Waals surface area contributed by atoms with E-state index in [2.05, 4.69) is 6.07 Å². The number of nitriles is 1. The van der Waals surface area contributed by atoms with Gasteiger partial charge in [-0.1, -0.05) is 13.0 Å². The smallest absolute Gasteiger partial charge is 0.332 e.